The molecule has 4 bridgehead atoms. The van der Waals surface area contributed by atoms with Crippen LogP contribution >= 0.6 is 0 Å². The first-order valence-corrected chi connectivity index (χ1v) is 25.1. The minimum absolute atomic E-state index is 0.0230. The van der Waals surface area contributed by atoms with Crippen molar-refractivity contribution >= 4 is 68.4 Å². The Morgan fingerprint density at radius 1 is 0.529 bits per heavy atom. The lowest BCUT2D eigenvalue weighted by molar-refractivity contribution is 0.350. The van der Waals surface area contributed by atoms with Gasteiger partial charge in [0.15, 0.2) is 0 Å². The van der Waals surface area contributed by atoms with Gasteiger partial charge >= 0.3 is 0 Å². The van der Waals surface area contributed by atoms with Crippen molar-refractivity contribution in [3.8, 4) is 22.3 Å². The molecule has 4 heterocycles. The van der Waals surface area contributed by atoms with Crippen molar-refractivity contribution in [2.24, 2.45) is 0 Å². The molecule has 7 aromatic carbocycles. The molecule has 1 unspecified atom stereocenters. The van der Waals surface area contributed by atoms with Gasteiger partial charge in [-0.3, -0.25) is 0 Å². The van der Waals surface area contributed by atoms with Crippen molar-refractivity contribution in [1.82, 2.24) is 0 Å². The first-order valence-electron chi connectivity index (χ1n) is 25.1. The third kappa shape index (κ3) is 6.24. The standard InChI is InChI=1S/C64H65BN2O/c1-38-30-53-56-54(31-38)67-52-37-50-49(36-51(52)65(56)59-58(48-33-42(61(5,6)7)24-27-55(48)68-59)66(53)45-25-22-41(23-26-45)60(2,3)4)63(11,12)28-29-64(50,13)43-21-17-20-40(32-43)47-35-44(62(8,9)10)34-46(57(47)67)39-18-15-14-16-19-39/h14-27,30-37H,28-29H2,1-13H3. The van der Waals surface area contributed by atoms with E-state index in [1.165, 1.54) is 94.9 Å². The molecule has 0 saturated carbocycles. The number of anilines is 6. The molecule has 3 nitrogen and oxygen atoms in total. The molecule has 0 fully saturated rings. The van der Waals surface area contributed by atoms with Crippen molar-refractivity contribution < 1.29 is 4.42 Å². The molecule has 4 heteroatoms. The van der Waals surface area contributed by atoms with Crippen LogP contribution in [-0.4, -0.2) is 6.71 Å². The minimum atomic E-state index is -0.183. The van der Waals surface area contributed by atoms with E-state index in [-0.39, 0.29) is 33.8 Å². The van der Waals surface area contributed by atoms with Gasteiger partial charge in [-0.25, -0.2) is 0 Å². The van der Waals surface area contributed by atoms with Gasteiger partial charge < -0.3 is 14.2 Å². The Labute approximate surface area is 405 Å². The monoisotopic (exact) mass is 889 g/mol. The Kier molecular flexibility index (Phi) is 8.97. The second-order valence-electron chi connectivity index (χ2n) is 24.7. The maximum absolute atomic E-state index is 7.48. The molecule has 68 heavy (non-hydrogen) atoms. The van der Waals surface area contributed by atoms with Gasteiger partial charge in [-0.2, -0.15) is 0 Å². The van der Waals surface area contributed by atoms with Gasteiger partial charge in [0.05, 0.1) is 17.0 Å². The van der Waals surface area contributed by atoms with Crippen molar-refractivity contribution in [1.29, 1.82) is 0 Å². The summed E-state index contributed by atoms with van der Waals surface area (Å²) in [5.74, 6) is 0. The lowest BCUT2D eigenvalue weighted by atomic mass is 9.35. The third-order valence-electron chi connectivity index (χ3n) is 16.5. The molecule has 0 radical (unpaired) electrons. The number of aryl methyl sites for hydroxylation is 1. The molecule has 0 N–H and O–H groups in total. The fourth-order valence-corrected chi connectivity index (χ4v) is 12.3. The summed E-state index contributed by atoms with van der Waals surface area (Å²) in [7, 11) is 0. The lowest BCUT2D eigenvalue weighted by Gasteiger charge is -2.48. The molecule has 1 aromatic heterocycles. The molecular weight excluding hydrogens is 824 g/mol. The molecule has 12 rings (SSSR count). The maximum Gasteiger partial charge on any atom is 0.297 e. The second kappa shape index (κ2) is 14.2. The summed E-state index contributed by atoms with van der Waals surface area (Å²) in [6, 6.07) is 52.3. The summed E-state index contributed by atoms with van der Waals surface area (Å²) in [5.41, 5.74) is 25.9. The van der Waals surface area contributed by atoms with E-state index in [9.17, 15) is 0 Å². The Morgan fingerprint density at radius 2 is 1.16 bits per heavy atom. The van der Waals surface area contributed by atoms with Crippen LogP contribution in [0.4, 0.5) is 34.1 Å². The quantitative estimate of drug-likeness (QED) is 0.161. The van der Waals surface area contributed by atoms with Gasteiger partial charge in [0.2, 0.25) is 0 Å². The first-order chi connectivity index (χ1) is 32.1. The number of hydrogen-bond donors (Lipinski definition) is 0. The Balaban J connectivity index is 1.27. The van der Waals surface area contributed by atoms with Crippen LogP contribution in [0, 0.1) is 6.92 Å². The zero-order valence-corrected chi connectivity index (χ0v) is 42.5. The molecule has 1 aliphatic carbocycles. The summed E-state index contributed by atoms with van der Waals surface area (Å²) < 4.78 is 7.48. The molecule has 0 amide bonds. The summed E-state index contributed by atoms with van der Waals surface area (Å²) in [6.07, 6.45) is 2.18. The molecular formula is C64H65BN2O. The molecule has 340 valence electrons. The summed E-state index contributed by atoms with van der Waals surface area (Å²) >= 11 is 0. The number of nitrogens with zero attached hydrogens (tertiary/aromatic N) is 2. The van der Waals surface area contributed by atoms with E-state index in [1.54, 1.807) is 0 Å². The average molecular weight is 889 g/mol. The van der Waals surface area contributed by atoms with E-state index in [4.69, 9.17) is 4.42 Å². The van der Waals surface area contributed by atoms with Crippen LogP contribution in [-0.2, 0) is 27.1 Å². The number of furan rings is 1. The Morgan fingerprint density at radius 3 is 1.84 bits per heavy atom. The van der Waals surface area contributed by atoms with Crippen LogP contribution in [0.15, 0.2) is 138 Å². The normalized spacial score (nSPS) is 17.8. The molecule has 1 atom stereocenters. The molecule has 8 aromatic rings. The highest BCUT2D eigenvalue weighted by Crippen LogP contribution is 2.57. The van der Waals surface area contributed by atoms with Gasteiger partial charge in [0, 0.05) is 44.7 Å². The van der Waals surface area contributed by atoms with Crippen molar-refractivity contribution in [2.45, 2.75) is 130 Å². The number of hydrogen-bond acceptors (Lipinski definition) is 3. The first kappa shape index (κ1) is 43.1. The Hall–Kier alpha value is -6.26. The molecule has 4 aliphatic rings. The average Bonchev–Trinajstić information content (AvgIpc) is 3.67. The lowest BCUT2D eigenvalue weighted by Crippen LogP contribution is -2.61. The fraction of sp³-hybridized carbons (Fsp3) is 0.312. The van der Waals surface area contributed by atoms with Crippen LogP contribution < -0.4 is 26.4 Å². The second-order valence-corrected chi connectivity index (χ2v) is 24.7. The number of fused-ring (bicyclic) bond motifs is 12. The van der Waals surface area contributed by atoms with Crippen LogP contribution in [0.25, 0.3) is 33.2 Å². The minimum Gasteiger partial charge on any atom is -0.468 e. The van der Waals surface area contributed by atoms with Gasteiger partial charge in [-0.05, 0) is 157 Å². The molecule has 0 spiro atoms. The van der Waals surface area contributed by atoms with E-state index in [0.717, 1.165) is 40.8 Å². The zero-order chi connectivity index (χ0) is 47.6. The number of benzene rings is 7. The van der Waals surface area contributed by atoms with Gasteiger partial charge in [0.1, 0.15) is 5.58 Å². The maximum atomic E-state index is 7.48. The van der Waals surface area contributed by atoms with E-state index < -0.39 is 0 Å². The predicted octanol–water partition coefficient (Wildman–Crippen LogP) is 15.7. The van der Waals surface area contributed by atoms with Crippen LogP contribution in [0.2, 0.25) is 0 Å². The topological polar surface area (TPSA) is 19.6 Å². The summed E-state index contributed by atoms with van der Waals surface area (Å²) in [5, 5.41) is 1.16. The van der Waals surface area contributed by atoms with Crippen LogP contribution in [0.1, 0.15) is 135 Å². The fourth-order valence-electron chi connectivity index (χ4n) is 12.3. The van der Waals surface area contributed by atoms with Gasteiger partial charge in [0.25, 0.3) is 6.71 Å². The smallest absolute Gasteiger partial charge is 0.297 e. The highest BCUT2D eigenvalue weighted by molar-refractivity contribution is 7.00. The molecule has 3 aliphatic heterocycles. The van der Waals surface area contributed by atoms with Gasteiger partial charge in [-0.1, -0.05) is 162 Å². The van der Waals surface area contributed by atoms with Gasteiger partial charge in [-0.15, -0.1) is 0 Å². The SMILES string of the molecule is Cc1cc2c3c(c1)N(c1ccc(C(C)(C)C)cc1)c1c(oc4ccc(C(C)(C)C)cc14)B3c1cc3c4cc1N2c1c(-c2ccccc2)cc(C(C)(C)C)cc1-c1cccc(c1)C4(C)CCC3(C)C. The van der Waals surface area contributed by atoms with Crippen LogP contribution in [0.5, 0.6) is 0 Å². The summed E-state index contributed by atoms with van der Waals surface area (Å²) in [4.78, 5) is 5.26. The Bertz CT molecular complexity index is 3410. The predicted molar refractivity (Wildman–Crippen MR) is 291 cm³/mol. The van der Waals surface area contributed by atoms with E-state index in [2.05, 4.69) is 233 Å². The van der Waals surface area contributed by atoms with E-state index in [1.807, 2.05) is 0 Å². The van der Waals surface area contributed by atoms with Crippen molar-refractivity contribution in [3.05, 3.63) is 172 Å². The largest absolute Gasteiger partial charge is 0.468 e. The number of rotatable bonds is 2. The summed E-state index contributed by atoms with van der Waals surface area (Å²) in [6.45, 7) is 30.5. The van der Waals surface area contributed by atoms with E-state index >= 15 is 0 Å². The van der Waals surface area contributed by atoms with Crippen molar-refractivity contribution in [3.63, 3.8) is 0 Å². The highest BCUT2D eigenvalue weighted by Gasteiger charge is 2.51. The van der Waals surface area contributed by atoms with Crippen LogP contribution in [0.3, 0.4) is 0 Å². The third-order valence-corrected chi connectivity index (χ3v) is 16.5. The van der Waals surface area contributed by atoms with Crippen molar-refractivity contribution in [2.75, 3.05) is 9.80 Å². The van der Waals surface area contributed by atoms with E-state index in [0.29, 0.717) is 0 Å². The highest BCUT2D eigenvalue weighted by atomic mass is 16.3. The zero-order valence-electron chi connectivity index (χ0n) is 42.5. The molecule has 0 saturated heterocycles.